The van der Waals surface area contributed by atoms with Crippen molar-refractivity contribution in [2.75, 3.05) is 0 Å². The molecule has 1 aliphatic heterocycles. The fourth-order valence-electron chi connectivity index (χ4n) is 4.11. The molecule has 0 fully saturated rings. The molecule has 154 valence electrons. The largest absolute Gasteiger partial charge is 0.321 e. The van der Waals surface area contributed by atoms with Crippen molar-refractivity contribution in [2.24, 2.45) is 5.10 Å². The van der Waals surface area contributed by atoms with Gasteiger partial charge in [-0.05, 0) is 53.4 Å². The molecule has 0 bridgehead atoms. The van der Waals surface area contributed by atoms with Gasteiger partial charge in [0, 0.05) is 27.4 Å². The van der Waals surface area contributed by atoms with E-state index < -0.39 is 0 Å². The first kappa shape index (κ1) is 19.9. The third-order valence-corrected chi connectivity index (χ3v) is 6.11. The van der Waals surface area contributed by atoms with E-state index in [0.29, 0.717) is 28.5 Å². The molecule has 31 heavy (non-hydrogen) atoms. The van der Waals surface area contributed by atoms with Crippen molar-refractivity contribution in [3.05, 3.63) is 115 Å². The maximum atomic E-state index is 13.2. The lowest BCUT2D eigenvalue weighted by molar-refractivity contribution is 0.620. The van der Waals surface area contributed by atoms with Crippen molar-refractivity contribution in [3.63, 3.8) is 0 Å². The second kappa shape index (κ2) is 8.22. The van der Waals surface area contributed by atoms with Gasteiger partial charge in [0.15, 0.2) is 0 Å². The molecule has 1 aromatic heterocycles. The fraction of sp³-hybridized carbons (Fsp3) is 0.120. The molecule has 0 spiro atoms. The molecule has 0 aliphatic carbocycles. The molecule has 1 aliphatic rings. The van der Waals surface area contributed by atoms with Crippen LogP contribution in [-0.2, 0) is 6.42 Å². The third-order valence-electron chi connectivity index (χ3n) is 5.62. The van der Waals surface area contributed by atoms with E-state index in [1.807, 2.05) is 54.6 Å². The summed E-state index contributed by atoms with van der Waals surface area (Å²) in [5.41, 5.74) is 8.30. The number of benzene rings is 3. The summed E-state index contributed by atoms with van der Waals surface area (Å²) in [6, 6.07) is 23.3. The molecule has 2 heterocycles. The molecule has 5 rings (SSSR count). The quantitative estimate of drug-likeness (QED) is 0.411. The Bertz CT molecular complexity index is 1350. The van der Waals surface area contributed by atoms with E-state index >= 15 is 0 Å². The van der Waals surface area contributed by atoms with Crippen LogP contribution in [0.25, 0.3) is 10.9 Å². The fourth-order valence-corrected chi connectivity index (χ4v) is 4.40. The topological polar surface area (TPSA) is 57.2 Å². The maximum absolute atomic E-state index is 13.2. The standard InChI is InChI=1S/C25H19Cl2N3O/c26-17-8-6-16(7-9-17)22-14-23(30-29-22)24-20(12-15-4-2-1-3-5-15)19-13-18(27)10-11-21(19)28-25(24)31/h1-11,13,22,29H,12,14H2,(H,28,31). The highest BCUT2D eigenvalue weighted by molar-refractivity contribution is 6.31. The summed E-state index contributed by atoms with van der Waals surface area (Å²) in [4.78, 5) is 16.2. The number of aromatic nitrogens is 1. The Kier molecular flexibility index (Phi) is 5.26. The monoisotopic (exact) mass is 447 g/mol. The van der Waals surface area contributed by atoms with Crippen molar-refractivity contribution in [2.45, 2.75) is 18.9 Å². The van der Waals surface area contributed by atoms with Crippen molar-refractivity contribution in [1.29, 1.82) is 0 Å². The molecule has 3 aromatic carbocycles. The van der Waals surface area contributed by atoms with Gasteiger partial charge in [-0.1, -0.05) is 65.7 Å². The summed E-state index contributed by atoms with van der Waals surface area (Å²) in [6.45, 7) is 0. The predicted octanol–water partition coefficient (Wildman–Crippen LogP) is 5.86. The number of hydrazone groups is 1. The lowest BCUT2D eigenvalue weighted by atomic mass is 9.91. The van der Waals surface area contributed by atoms with Crippen LogP contribution < -0.4 is 11.0 Å². The molecular weight excluding hydrogens is 429 g/mol. The number of fused-ring (bicyclic) bond motifs is 1. The SMILES string of the molecule is O=c1[nH]c2ccc(Cl)cc2c(Cc2ccccc2)c1C1=NNC(c2ccc(Cl)cc2)C1. The van der Waals surface area contributed by atoms with E-state index in [-0.39, 0.29) is 11.6 Å². The van der Waals surface area contributed by atoms with Crippen LogP contribution >= 0.6 is 23.2 Å². The Labute approximate surface area is 189 Å². The zero-order chi connectivity index (χ0) is 21.4. The van der Waals surface area contributed by atoms with E-state index in [4.69, 9.17) is 23.2 Å². The molecule has 2 N–H and O–H groups in total. The number of rotatable bonds is 4. The van der Waals surface area contributed by atoms with Crippen LogP contribution in [0.3, 0.4) is 0 Å². The Morgan fingerprint density at radius 2 is 1.68 bits per heavy atom. The number of nitrogens with one attached hydrogen (secondary N) is 2. The van der Waals surface area contributed by atoms with Gasteiger partial charge in [0.2, 0.25) is 0 Å². The third kappa shape index (κ3) is 3.97. The lowest BCUT2D eigenvalue weighted by Crippen LogP contribution is -2.21. The molecule has 6 heteroatoms. The molecule has 0 saturated heterocycles. The van der Waals surface area contributed by atoms with Crippen molar-refractivity contribution < 1.29 is 0 Å². The van der Waals surface area contributed by atoms with Gasteiger partial charge in [-0.3, -0.25) is 4.79 Å². The van der Waals surface area contributed by atoms with Crippen molar-refractivity contribution in [3.8, 4) is 0 Å². The Morgan fingerprint density at radius 3 is 2.45 bits per heavy atom. The molecular formula is C25H19Cl2N3O. The van der Waals surface area contributed by atoms with Crippen LogP contribution in [0.4, 0.5) is 0 Å². The zero-order valence-electron chi connectivity index (χ0n) is 16.5. The van der Waals surface area contributed by atoms with Gasteiger partial charge in [0.1, 0.15) is 0 Å². The van der Waals surface area contributed by atoms with E-state index in [1.54, 1.807) is 6.07 Å². The molecule has 0 radical (unpaired) electrons. The van der Waals surface area contributed by atoms with Gasteiger partial charge in [-0.15, -0.1) is 0 Å². The highest BCUT2D eigenvalue weighted by Crippen LogP contribution is 2.30. The first-order valence-corrected chi connectivity index (χ1v) is 10.8. The van der Waals surface area contributed by atoms with Crippen molar-refractivity contribution >= 4 is 39.8 Å². The number of nitrogens with zero attached hydrogens (tertiary/aromatic N) is 1. The van der Waals surface area contributed by atoms with Crippen LogP contribution in [0.5, 0.6) is 0 Å². The highest BCUT2D eigenvalue weighted by atomic mass is 35.5. The smallest absolute Gasteiger partial charge is 0.257 e. The average molecular weight is 448 g/mol. The van der Waals surface area contributed by atoms with Gasteiger partial charge in [-0.25, -0.2) is 0 Å². The Morgan fingerprint density at radius 1 is 0.935 bits per heavy atom. The summed E-state index contributed by atoms with van der Waals surface area (Å²) < 4.78 is 0. The minimum absolute atomic E-state index is 0.00806. The average Bonchev–Trinajstić information content (AvgIpc) is 3.25. The van der Waals surface area contributed by atoms with Gasteiger partial charge in [-0.2, -0.15) is 5.10 Å². The van der Waals surface area contributed by atoms with Gasteiger partial charge < -0.3 is 10.4 Å². The van der Waals surface area contributed by atoms with E-state index in [1.165, 1.54) is 0 Å². The van der Waals surface area contributed by atoms with Crippen LogP contribution in [0.1, 0.15) is 34.7 Å². The number of aromatic amines is 1. The summed E-state index contributed by atoms with van der Waals surface area (Å²) in [5, 5.41) is 6.81. The van der Waals surface area contributed by atoms with Gasteiger partial charge >= 0.3 is 0 Å². The van der Waals surface area contributed by atoms with Crippen LogP contribution in [0, 0.1) is 0 Å². The first-order chi connectivity index (χ1) is 15.1. The van der Waals surface area contributed by atoms with Crippen LogP contribution in [-0.4, -0.2) is 10.7 Å². The van der Waals surface area contributed by atoms with E-state index in [9.17, 15) is 4.79 Å². The first-order valence-electron chi connectivity index (χ1n) is 10.0. The Hall–Kier alpha value is -3.08. The summed E-state index contributed by atoms with van der Waals surface area (Å²) in [6.07, 6.45) is 1.22. The number of H-pyrrole nitrogens is 1. The zero-order valence-corrected chi connectivity index (χ0v) is 18.0. The number of pyridine rings is 1. The minimum atomic E-state index is -0.141. The summed E-state index contributed by atoms with van der Waals surface area (Å²) in [7, 11) is 0. The highest BCUT2D eigenvalue weighted by Gasteiger charge is 2.26. The van der Waals surface area contributed by atoms with Crippen molar-refractivity contribution in [1.82, 2.24) is 10.4 Å². The normalized spacial score (nSPS) is 15.7. The molecule has 4 nitrogen and oxygen atoms in total. The van der Waals surface area contributed by atoms with E-state index in [2.05, 4.69) is 27.6 Å². The second-order valence-corrected chi connectivity index (χ2v) is 8.53. The summed E-state index contributed by atoms with van der Waals surface area (Å²) in [5.74, 6) is 0. The number of hydrogen-bond acceptors (Lipinski definition) is 3. The summed E-state index contributed by atoms with van der Waals surface area (Å²) >= 11 is 12.3. The van der Waals surface area contributed by atoms with E-state index in [0.717, 1.165) is 33.3 Å². The number of halogens is 2. The Balaban J connectivity index is 1.61. The number of hydrogen-bond donors (Lipinski definition) is 2. The molecule has 4 aromatic rings. The molecule has 0 amide bonds. The lowest BCUT2D eigenvalue weighted by Gasteiger charge is -2.14. The molecule has 1 unspecified atom stereocenters. The van der Waals surface area contributed by atoms with Gasteiger partial charge in [0.05, 0.1) is 17.3 Å². The predicted molar refractivity (Wildman–Crippen MR) is 127 cm³/mol. The minimum Gasteiger partial charge on any atom is -0.321 e. The van der Waals surface area contributed by atoms with Crippen LogP contribution in [0.2, 0.25) is 10.0 Å². The maximum Gasteiger partial charge on any atom is 0.257 e. The molecule has 0 saturated carbocycles. The second-order valence-electron chi connectivity index (χ2n) is 7.66. The van der Waals surface area contributed by atoms with Crippen LogP contribution in [0.15, 0.2) is 82.7 Å². The molecule has 1 atom stereocenters. The van der Waals surface area contributed by atoms with Gasteiger partial charge in [0.25, 0.3) is 5.56 Å².